The first kappa shape index (κ1) is 24.0. The molecular weight excluding hydrogens is 440 g/mol. The van der Waals surface area contributed by atoms with Crippen molar-refractivity contribution in [3.05, 3.63) is 92.6 Å². The van der Waals surface area contributed by atoms with Crippen molar-refractivity contribution in [3.63, 3.8) is 0 Å². The van der Waals surface area contributed by atoms with Crippen LogP contribution in [0, 0.1) is 6.92 Å². The van der Waals surface area contributed by atoms with Gasteiger partial charge in [-0.05, 0) is 61.0 Å². The number of nitrogens with zero attached hydrogens (tertiary/aromatic N) is 2. The van der Waals surface area contributed by atoms with Crippen LogP contribution < -0.4 is 0 Å². The monoisotopic (exact) mass is 468 g/mol. The molecule has 0 bridgehead atoms. The van der Waals surface area contributed by atoms with E-state index >= 15 is 0 Å². The lowest BCUT2D eigenvalue weighted by atomic mass is 10.1. The highest BCUT2D eigenvalue weighted by atomic mass is 35.5. The molecule has 3 aromatic rings. The maximum atomic E-state index is 13.5. The van der Waals surface area contributed by atoms with Crippen molar-refractivity contribution >= 4 is 34.8 Å². The molecular formula is C26H29ClN2O2S. The van der Waals surface area contributed by atoms with Crippen LogP contribution in [0.4, 0.5) is 0 Å². The third-order valence-electron chi connectivity index (χ3n) is 5.63. The fraction of sp³-hybridized carbons (Fsp3) is 0.308. The lowest BCUT2D eigenvalue weighted by Gasteiger charge is -2.31. The Morgan fingerprint density at radius 2 is 1.78 bits per heavy atom. The highest BCUT2D eigenvalue weighted by Crippen LogP contribution is 2.21. The molecule has 2 amide bonds. The van der Waals surface area contributed by atoms with E-state index in [2.05, 4.69) is 13.0 Å². The SMILES string of the molecule is CCC(C)N(CC(=O)N(Cc1ccccc1)Cc1sccc1C)C(=O)c1cccc(Cl)c1. The first-order valence-electron chi connectivity index (χ1n) is 10.8. The van der Waals surface area contributed by atoms with Gasteiger partial charge in [0, 0.05) is 28.0 Å². The fourth-order valence-corrected chi connectivity index (χ4v) is 4.57. The molecule has 1 aromatic heterocycles. The standard InChI is InChI=1S/C26H29ClN2O2S/c1-4-20(3)29(26(31)22-11-8-12-23(27)15-22)18-25(30)28(16-21-9-6-5-7-10-21)17-24-19(2)13-14-32-24/h5-15,20H,4,16-18H2,1-3H3. The highest BCUT2D eigenvalue weighted by Gasteiger charge is 2.26. The zero-order valence-corrected chi connectivity index (χ0v) is 20.3. The second-order valence-corrected chi connectivity index (χ2v) is 9.40. The Kier molecular flexibility index (Phi) is 8.48. The van der Waals surface area contributed by atoms with E-state index < -0.39 is 0 Å². The van der Waals surface area contributed by atoms with Crippen molar-refractivity contribution in [2.24, 2.45) is 0 Å². The summed E-state index contributed by atoms with van der Waals surface area (Å²) in [6.07, 6.45) is 0.752. The minimum Gasteiger partial charge on any atom is -0.332 e. The van der Waals surface area contributed by atoms with Gasteiger partial charge in [-0.1, -0.05) is 54.9 Å². The second kappa shape index (κ2) is 11.3. The Balaban J connectivity index is 1.85. The first-order chi connectivity index (χ1) is 15.4. The van der Waals surface area contributed by atoms with Gasteiger partial charge in [0.2, 0.25) is 5.91 Å². The third kappa shape index (κ3) is 6.21. The molecule has 0 saturated carbocycles. The molecule has 6 heteroatoms. The molecule has 1 heterocycles. The minimum absolute atomic E-state index is 0.0254. The Morgan fingerprint density at radius 1 is 1.03 bits per heavy atom. The van der Waals surface area contributed by atoms with E-state index in [1.54, 1.807) is 40.5 Å². The highest BCUT2D eigenvalue weighted by molar-refractivity contribution is 7.10. The molecule has 0 aliphatic carbocycles. The smallest absolute Gasteiger partial charge is 0.254 e. The lowest BCUT2D eigenvalue weighted by Crippen LogP contribution is -2.46. The van der Waals surface area contributed by atoms with Crippen LogP contribution in [0.5, 0.6) is 0 Å². The number of carbonyl (C=O) groups excluding carboxylic acids is 2. The predicted octanol–water partition coefficient (Wildman–Crippen LogP) is 6.18. The lowest BCUT2D eigenvalue weighted by molar-refractivity contribution is -0.133. The van der Waals surface area contributed by atoms with Crippen molar-refractivity contribution < 1.29 is 9.59 Å². The van der Waals surface area contributed by atoms with Gasteiger partial charge in [-0.25, -0.2) is 0 Å². The molecule has 1 atom stereocenters. The average molecular weight is 469 g/mol. The molecule has 2 aromatic carbocycles. The van der Waals surface area contributed by atoms with Gasteiger partial charge in [0.15, 0.2) is 0 Å². The summed E-state index contributed by atoms with van der Waals surface area (Å²) >= 11 is 7.75. The second-order valence-electron chi connectivity index (χ2n) is 7.96. The molecule has 0 saturated heterocycles. The quantitative estimate of drug-likeness (QED) is 0.376. The van der Waals surface area contributed by atoms with E-state index in [-0.39, 0.29) is 24.4 Å². The Morgan fingerprint density at radius 3 is 2.41 bits per heavy atom. The van der Waals surface area contributed by atoms with E-state index in [0.29, 0.717) is 23.7 Å². The van der Waals surface area contributed by atoms with E-state index in [4.69, 9.17) is 11.6 Å². The van der Waals surface area contributed by atoms with Crippen LogP contribution in [-0.4, -0.2) is 34.2 Å². The van der Waals surface area contributed by atoms with E-state index in [0.717, 1.165) is 16.9 Å². The molecule has 0 aliphatic rings. The molecule has 0 aliphatic heterocycles. The van der Waals surface area contributed by atoms with Gasteiger partial charge in [0.25, 0.3) is 5.91 Å². The van der Waals surface area contributed by atoms with E-state index in [1.807, 2.05) is 54.5 Å². The van der Waals surface area contributed by atoms with Crippen molar-refractivity contribution in [1.82, 2.24) is 9.80 Å². The summed E-state index contributed by atoms with van der Waals surface area (Å²) in [6.45, 7) is 7.10. The van der Waals surface area contributed by atoms with E-state index in [1.165, 1.54) is 5.56 Å². The van der Waals surface area contributed by atoms with Crippen molar-refractivity contribution in [2.75, 3.05) is 6.54 Å². The summed E-state index contributed by atoms with van der Waals surface area (Å²) in [6, 6.07) is 18.8. The summed E-state index contributed by atoms with van der Waals surface area (Å²) < 4.78 is 0. The normalized spacial score (nSPS) is 11.8. The van der Waals surface area contributed by atoms with Gasteiger partial charge in [-0.2, -0.15) is 0 Å². The summed E-state index contributed by atoms with van der Waals surface area (Å²) in [5.41, 5.74) is 2.73. The largest absolute Gasteiger partial charge is 0.332 e. The molecule has 4 nitrogen and oxygen atoms in total. The van der Waals surface area contributed by atoms with Crippen molar-refractivity contribution in [2.45, 2.75) is 46.3 Å². The number of hydrogen-bond donors (Lipinski definition) is 0. The number of benzene rings is 2. The number of thiophene rings is 1. The Hall–Kier alpha value is -2.63. The maximum Gasteiger partial charge on any atom is 0.254 e. The topological polar surface area (TPSA) is 40.6 Å². The molecule has 168 valence electrons. The summed E-state index contributed by atoms with van der Waals surface area (Å²) in [5, 5.41) is 2.55. The first-order valence-corrected chi connectivity index (χ1v) is 12.1. The molecule has 32 heavy (non-hydrogen) atoms. The molecule has 0 N–H and O–H groups in total. The van der Waals surface area contributed by atoms with Crippen molar-refractivity contribution in [3.8, 4) is 0 Å². The number of hydrogen-bond acceptors (Lipinski definition) is 3. The Bertz CT molecular complexity index is 1050. The van der Waals surface area contributed by atoms with Crippen LogP contribution in [0.3, 0.4) is 0 Å². The molecule has 0 fully saturated rings. The van der Waals surface area contributed by atoms with Crippen LogP contribution in [-0.2, 0) is 17.9 Å². The number of rotatable bonds is 9. The van der Waals surface area contributed by atoms with Gasteiger partial charge >= 0.3 is 0 Å². The number of amides is 2. The summed E-state index contributed by atoms with van der Waals surface area (Å²) in [4.78, 5) is 31.5. The van der Waals surface area contributed by atoms with Crippen LogP contribution in [0.25, 0.3) is 0 Å². The van der Waals surface area contributed by atoms with Crippen LogP contribution in [0.2, 0.25) is 5.02 Å². The van der Waals surface area contributed by atoms with Gasteiger partial charge < -0.3 is 9.80 Å². The van der Waals surface area contributed by atoms with Crippen LogP contribution in [0.1, 0.15) is 46.6 Å². The number of carbonyl (C=O) groups is 2. The summed E-state index contributed by atoms with van der Waals surface area (Å²) in [5.74, 6) is -0.250. The van der Waals surface area contributed by atoms with E-state index in [9.17, 15) is 9.59 Å². The average Bonchev–Trinajstić information content (AvgIpc) is 3.20. The zero-order valence-electron chi connectivity index (χ0n) is 18.8. The summed E-state index contributed by atoms with van der Waals surface area (Å²) in [7, 11) is 0. The zero-order chi connectivity index (χ0) is 23.1. The Labute approximate surface area is 199 Å². The molecule has 3 rings (SSSR count). The molecule has 0 radical (unpaired) electrons. The molecule has 1 unspecified atom stereocenters. The minimum atomic E-state index is -0.179. The maximum absolute atomic E-state index is 13.5. The number of halogens is 1. The molecule has 0 spiro atoms. The van der Waals surface area contributed by atoms with Gasteiger partial charge in [0.05, 0.1) is 6.54 Å². The van der Waals surface area contributed by atoms with Crippen LogP contribution in [0.15, 0.2) is 66.0 Å². The predicted molar refractivity (Wildman–Crippen MR) is 132 cm³/mol. The fourth-order valence-electron chi connectivity index (χ4n) is 3.46. The third-order valence-corrected chi connectivity index (χ3v) is 6.88. The van der Waals surface area contributed by atoms with Gasteiger partial charge in [0.1, 0.15) is 6.54 Å². The van der Waals surface area contributed by atoms with Gasteiger partial charge in [-0.3, -0.25) is 9.59 Å². The van der Waals surface area contributed by atoms with Gasteiger partial charge in [-0.15, -0.1) is 11.3 Å². The van der Waals surface area contributed by atoms with Crippen molar-refractivity contribution in [1.29, 1.82) is 0 Å². The van der Waals surface area contributed by atoms with Crippen LogP contribution >= 0.6 is 22.9 Å². The number of aryl methyl sites for hydroxylation is 1.